The van der Waals surface area contributed by atoms with Crippen molar-refractivity contribution in [1.82, 2.24) is 26.6 Å². The van der Waals surface area contributed by atoms with Gasteiger partial charge in [0.25, 0.3) is 0 Å². The van der Waals surface area contributed by atoms with Crippen LogP contribution in [-0.2, 0) is 28.8 Å². The van der Waals surface area contributed by atoms with Gasteiger partial charge in [-0.25, -0.2) is 0 Å². The summed E-state index contributed by atoms with van der Waals surface area (Å²) in [5.41, 5.74) is 17.3. The van der Waals surface area contributed by atoms with E-state index in [-0.39, 0.29) is 37.0 Å². The molecule has 0 unspecified atom stereocenters. The van der Waals surface area contributed by atoms with Crippen LogP contribution in [0.3, 0.4) is 0 Å². The first kappa shape index (κ1) is 43.7. The van der Waals surface area contributed by atoms with E-state index >= 15 is 0 Å². The van der Waals surface area contributed by atoms with Crippen LogP contribution < -0.4 is 43.8 Å². The van der Waals surface area contributed by atoms with Crippen molar-refractivity contribution in [2.45, 2.75) is 130 Å². The molecule has 0 saturated carbocycles. The minimum Gasteiger partial charge on any atom is -0.480 e. The highest BCUT2D eigenvalue weighted by molar-refractivity contribution is 5.96. The van der Waals surface area contributed by atoms with Gasteiger partial charge in [-0.1, -0.05) is 41.5 Å². The number of aliphatic carboxylic acids is 1. The molecular formula is C32H62N8O7. The molecule has 0 bridgehead atoms. The molecule has 0 aromatic heterocycles. The molecule has 0 rings (SSSR count). The molecule has 0 saturated heterocycles. The van der Waals surface area contributed by atoms with Gasteiger partial charge in [-0.3, -0.25) is 28.8 Å². The third-order valence-corrected chi connectivity index (χ3v) is 7.32. The summed E-state index contributed by atoms with van der Waals surface area (Å²) in [5, 5.41) is 22.2. The molecule has 15 nitrogen and oxygen atoms in total. The summed E-state index contributed by atoms with van der Waals surface area (Å²) in [6.45, 7) is 11.6. The lowest BCUT2D eigenvalue weighted by atomic mass is 9.98. The van der Waals surface area contributed by atoms with Gasteiger partial charge in [-0.2, -0.15) is 0 Å². The maximum atomic E-state index is 13.7. The number of nitrogens with two attached hydrogens (primary N) is 3. The summed E-state index contributed by atoms with van der Waals surface area (Å²) < 4.78 is 0. The highest BCUT2D eigenvalue weighted by atomic mass is 16.4. The predicted octanol–water partition coefficient (Wildman–Crippen LogP) is -0.150. The van der Waals surface area contributed by atoms with Crippen molar-refractivity contribution in [3.05, 3.63) is 0 Å². The molecule has 0 aliphatic rings. The van der Waals surface area contributed by atoms with Crippen molar-refractivity contribution in [2.24, 2.45) is 35.0 Å². The number of carbonyl (C=O) groups excluding carboxylic acids is 5. The summed E-state index contributed by atoms with van der Waals surface area (Å²) in [6.07, 6.45) is 3.76. The summed E-state index contributed by atoms with van der Waals surface area (Å²) >= 11 is 0. The van der Waals surface area contributed by atoms with Gasteiger partial charge in [0.2, 0.25) is 29.5 Å². The fourth-order valence-corrected chi connectivity index (χ4v) is 4.93. The second-order valence-corrected chi connectivity index (χ2v) is 13.4. The Morgan fingerprint density at radius 2 is 0.894 bits per heavy atom. The van der Waals surface area contributed by atoms with Crippen LogP contribution in [0.4, 0.5) is 0 Å². The number of nitrogens with one attached hydrogen (secondary N) is 5. The van der Waals surface area contributed by atoms with Crippen molar-refractivity contribution in [1.29, 1.82) is 0 Å². The number of unbranched alkanes of at least 4 members (excludes halogenated alkanes) is 2. The lowest BCUT2D eigenvalue weighted by Gasteiger charge is -2.28. The molecule has 15 heteroatoms. The average molecular weight is 671 g/mol. The molecule has 47 heavy (non-hydrogen) atoms. The van der Waals surface area contributed by atoms with Crippen LogP contribution in [0.2, 0.25) is 0 Å². The van der Waals surface area contributed by atoms with Gasteiger partial charge >= 0.3 is 5.97 Å². The van der Waals surface area contributed by atoms with E-state index < -0.39 is 72.3 Å². The van der Waals surface area contributed by atoms with E-state index in [4.69, 9.17) is 22.3 Å². The molecule has 0 spiro atoms. The maximum Gasteiger partial charge on any atom is 0.322 e. The van der Waals surface area contributed by atoms with Crippen LogP contribution in [0.25, 0.3) is 0 Å². The SMILES string of the molecule is CC(C)C[C@H](NC(=O)[C@H](CC(C)C)NC(=O)[C@H](CCCCN)NC(=O)[C@@H](N)CC(C)C)C(=O)N[C@@H](CCCCN)C(=O)NCC(=O)O. The van der Waals surface area contributed by atoms with Gasteiger partial charge in [-0.15, -0.1) is 0 Å². The van der Waals surface area contributed by atoms with Gasteiger partial charge in [0.1, 0.15) is 30.7 Å². The Bertz CT molecular complexity index is 992. The number of carboxylic acids is 1. The average Bonchev–Trinajstić information content (AvgIpc) is 2.97. The summed E-state index contributed by atoms with van der Waals surface area (Å²) in [7, 11) is 0. The fourth-order valence-electron chi connectivity index (χ4n) is 4.93. The fraction of sp³-hybridized carbons (Fsp3) is 0.812. The number of carbonyl (C=O) groups is 6. The number of hydrogen-bond donors (Lipinski definition) is 9. The van der Waals surface area contributed by atoms with Crippen molar-refractivity contribution >= 4 is 35.5 Å². The quantitative estimate of drug-likeness (QED) is 0.0580. The molecule has 272 valence electrons. The Hall–Kier alpha value is -3.30. The van der Waals surface area contributed by atoms with Gasteiger partial charge in [0, 0.05) is 0 Å². The molecule has 0 aromatic carbocycles. The zero-order chi connectivity index (χ0) is 36.1. The van der Waals surface area contributed by atoms with Crippen LogP contribution in [0.1, 0.15) is 99.3 Å². The monoisotopic (exact) mass is 670 g/mol. The largest absolute Gasteiger partial charge is 0.480 e. The van der Waals surface area contributed by atoms with Crippen LogP contribution in [0, 0.1) is 17.8 Å². The zero-order valence-electron chi connectivity index (χ0n) is 29.2. The number of carboxylic acid groups (broad SMARTS) is 1. The Morgan fingerprint density at radius 1 is 0.532 bits per heavy atom. The second kappa shape index (κ2) is 23.9. The molecule has 5 atom stereocenters. The topological polar surface area (TPSA) is 261 Å². The minimum absolute atomic E-state index is 0.0157. The molecule has 0 aromatic rings. The van der Waals surface area contributed by atoms with E-state index in [1.54, 1.807) is 0 Å². The minimum atomic E-state index is -1.23. The standard InChI is InChI=1S/C32H62N8O7/c1-19(2)15-22(35)28(43)37-24(12-8-10-14-34)30(45)39-26(17-21(5)6)32(47)40-25(16-20(3)4)31(46)38-23(11-7-9-13-33)29(44)36-18-27(41)42/h19-26H,7-18,33-35H2,1-6H3,(H,36,44)(H,37,43)(H,38,46)(H,39,45)(H,40,47)(H,41,42)/t22-,23-,24-,25-,26-/m0/s1. The second-order valence-electron chi connectivity index (χ2n) is 13.4. The highest BCUT2D eigenvalue weighted by Gasteiger charge is 2.32. The number of rotatable bonds is 25. The smallest absolute Gasteiger partial charge is 0.322 e. The Morgan fingerprint density at radius 3 is 1.28 bits per heavy atom. The molecule has 0 fully saturated rings. The van der Waals surface area contributed by atoms with Crippen LogP contribution in [0.5, 0.6) is 0 Å². The molecule has 5 amide bonds. The third-order valence-electron chi connectivity index (χ3n) is 7.32. The van der Waals surface area contributed by atoms with E-state index in [9.17, 15) is 28.8 Å². The lowest BCUT2D eigenvalue weighted by Crippen LogP contribution is -2.59. The first-order valence-corrected chi connectivity index (χ1v) is 16.9. The third kappa shape index (κ3) is 19.8. The molecular weight excluding hydrogens is 608 g/mol. The summed E-state index contributed by atoms with van der Waals surface area (Å²) in [4.78, 5) is 77.2. The van der Waals surface area contributed by atoms with Crippen LogP contribution in [-0.4, -0.2) is 90.5 Å². The van der Waals surface area contributed by atoms with E-state index in [2.05, 4.69) is 26.6 Å². The number of hydrogen-bond acceptors (Lipinski definition) is 9. The van der Waals surface area contributed by atoms with Crippen molar-refractivity contribution in [2.75, 3.05) is 19.6 Å². The van der Waals surface area contributed by atoms with E-state index in [1.165, 1.54) is 0 Å². The van der Waals surface area contributed by atoms with E-state index in [0.717, 1.165) is 0 Å². The van der Waals surface area contributed by atoms with Crippen LogP contribution in [0.15, 0.2) is 0 Å². The molecule has 0 aliphatic heterocycles. The van der Waals surface area contributed by atoms with Gasteiger partial charge in [-0.05, 0) is 88.6 Å². The molecule has 0 aliphatic carbocycles. The first-order valence-electron chi connectivity index (χ1n) is 16.9. The Kier molecular flexibility index (Phi) is 22.3. The van der Waals surface area contributed by atoms with E-state index in [1.807, 2.05) is 41.5 Å². The lowest BCUT2D eigenvalue weighted by molar-refractivity contribution is -0.138. The summed E-state index contributed by atoms with van der Waals surface area (Å²) in [6, 6.07) is -4.85. The maximum absolute atomic E-state index is 13.7. The predicted molar refractivity (Wildman–Crippen MR) is 181 cm³/mol. The Balaban J connectivity index is 5.99. The molecule has 12 N–H and O–H groups in total. The normalized spacial score (nSPS) is 14.6. The van der Waals surface area contributed by atoms with Crippen LogP contribution >= 0.6 is 0 Å². The zero-order valence-corrected chi connectivity index (χ0v) is 29.2. The van der Waals surface area contributed by atoms with Gasteiger partial charge in [0.05, 0.1) is 6.04 Å². The van der Waals surface area contributed by atoms with Crippen molar-refractivity contribution in [3.63, 3.8) is 0 Å². The highest BCUT2D eigenvalue weighted by Crippen LogP contribution is 2.12. The molecule has 0 heterocycles. The van der Waals surface area contributed by atoms with Gasteiger partial charge < -0.3 is 48.9 Å². The van der Waals surface area contributed by atoms with Crippen molar-refractivity contribution in [3.8, 4) is 0 Å². The van der Waals surface area contributed by atoms with Crippen molar-refractivity contribution < 1.29 is 33.9 Å². The summed E-state index contributed by atoms with van der Waals surface area (Å²) in [5.74, 6) is -3.97. The number of amides is 5. The van der Waals surface area contributed by atoms with E-state index in [0.29, 0.717) is 51.6 Å². The first-order chi connectivity index (χ1) is 22.0. The Labute approximate surface area is 280 Å². The van der Waals surface area contributed by atoms with Gasteiger partial charge in [0.15, 0.2) is 0 Å². The molecule has 0 radical (unpaired) electrons.